The first kappa shape index (κ1) is 24.2. The smallest absolute Gasteiger partial charge is 0.279 e. The van der Waals surface area contributed by atoms with E-state index < -0.39 is 15.9 Å². The van der Waals surface area contributed by atoms with Gasteiger partial charge in [0.1, 0.15) is 21.7 Å². The molecule has 0 atom stereocenters. The number of hydrogen-bond donors (Lipinski definition) is 0. The molecule has 2 heterocycles. The van der Waals surface area contributed by atoms with Crippen molar-refractivity contribution < 1.29 is 22.7 Å². The number of thiazole rings is 1. The van der Waals surface area contributed by atoms with Gasteiger partial charge in [0.25, 0.3) is 5.91 Å². The molecule has 5 rings (SSSR count). The quantitative estimate of drug-likeness (QED) is 0.398. The lowest BCUT2D eigenvalue weighted by atomic mass is 10.0. The number of rotatable bonds is 5. The number of methoxy groups -OCH3 is 2. The van der Waals surface area contributed by atoms with Crippen molar-refractivity contribution >= 4 is 37.5 Å². The van der Waals surface area contributed by atoms with E-state index >= 15 is 0 Å². The normalized spacial score (nSPS) is 14.6. The van der Waals surface area contributed by atoms with Gasteiger partial charge in [-0.05, 0) is 53.9 Å². The first-order chi connectivity index (χ1) is 17.3. The molecule has 186 valence electrons. The summed E-state index contributed by atoms with van der Waals surface area (Å²) in [7, 11) is 1.29. The van der Waals surface area contributed by atoms with Gasteiger partial charge in [-0.1, -0.05) is 35.6 Å². The van der Waals surface area contributed by atoms with Crippen LogP contribution < -0.4 is 14.3 Å². The third-order valence-corrected chi connectivity index (χ3v) is 9.35. The van der Waals surface area contributed by atoms with E-state index in [4.69, 9.17) is 9.47 Å². The average molecular weight is 524 g/mol. The van der Waals surface area contributed by atoms with Gasteiger partial charge in [0, 0.05) is 25.7 Å². The number of hydrogen-bond acceptors (Lipinski definition) is 6. The Balaban J connectivity index is 1.43. The summed E-state index contributed by atoms with van der Waals surface area (Å²) in [4.78, 5) is 17.9. The monoisotopic (exact) mass is 523 g/mol. The van der Waals surface area contributed by atoms with Crippen LogP contribution in [0.25, 0.3) is 10.2 Å². The standard InChI is InChI=1S/C26H25N3O5S2/c1-28-23-21(33-2)12-13-22(34-3)24(23)35-26(28)27-25(30)18-8-10-20(11-9-18)36(31,32)29-15-14-17-6-4-5-7-19(17)16-29/h4-13H,14-16H2,1-3H3. The summed E-state index contributed by atoms with van der Waals surface area (Å²) in [6, 6.07) is 17.4. The third-order valence-electron chi connectivity index (χ3n) is 6.35. The molecule has 0 bridgehead atoms. The van der Waals surface area contributed by atoms with E-state index in [1.807, 2.05) is 30.3 Å². The van der Waals surface area contributed by atoms with E-state index in [1.165, 1.54) is 45.5 Å². The van der Waals surface area contributed by atoms with Crippen LogP contribution in [0, 0.1) is 0 Å². The van der Waals surface area contributed by atoms with Crippen LogP contribution in [0.2, 0.25) is 0 Å². The molecule has 0 unspecified atom stereocenters. The lowest BCUT2D eigenvalue weighted by Crippen LogP contribution is -2.35. The van der Waals surface area contributed by atoms with Crippen LogP contribution in [0.3, 0.4) is 0 Å². The molecule has 0 saturated carbocycles. The van der Waals surface area contributed by atoms with Crippen molar-refractivity contribution in [2.24, 2.45) is 12.0 Å². The lowest BCUT2D eigenvalue weighted by molar-refractivity contribution is 0.0998. The van der Waals surface area contributed by atoms with Gasteiger partial charge in [-0.3, -0.25) is 4.79 Å². The van der Waals surface area contributed by atoms with E-state index in [0.717, 1.165) is 15.8 Å². The summed E-state index contributed by atoms with van der Waals surface area (Å²) >= 11 is 1.32. The fourth-order valence-corrected chi connectivity index (χ4v) is 6.92. The van der Waals surface area contributed by atoms with Gasteiger partial charge in [-0.2, -0.15) is 9.30 Å². The first-order valence-electron chi connectivity index (χ1n) is 11.3. The Kier molecular flexibility index (Phi) is 6.42. The van der Waals surface area contributed by atoms with Crippen LogP contribution >= 0.6 is 11.3 Å². The molecule has 1 aromatic heterocycles. The molecular weight excluding hydrogens is 498 g/mol. The molecule has 0 radical (unpaired) electrons. The molecule has 0 fully saturated rings. The SMILES string of the molecule is COc1ccc(OC)c2c1sc(=NC(=O)c1ccc(S(=O)(=O)N3CCc4ccccc4C3)cc1)n2C. The molecule has 0 spiro atoms. The Morgan fingerprint density at radius 3 is 2.31 bits per heavy atom. The number of ether oxygens (including phenoxy) is 2. The van der Waals surface area contributed by atoms with Crippen LogP contribution in [0.15, 0.2) is 70.6 Å². The van der Waals surface area contributed by atoms with Crippen molar-refractivity contribution in [3.63, 3.8) is 0 Å². The van der Waals surface area contributed by atoms with Gasteiger partial charge in [-0.25, -0.2) is 8.42 Å². The highest BCUT2D eigenvalue weighted by molar-refractivity contribution is 7.89. The first-order valence-corrected chi connectivity index (χ1v) is 13.6. The van der Waals surface area contributed by atoms with Crippen molar-refractivity contribution in [3.8, 4) is 11.5 Å². The van der Waals surface area contributed by atoms with Gasteiger partial charge < -0.3 is 14.0 Å². The number of sulfonamides is 1. The average Bonchev–Trinajstić information content (AvgIpc) is 3.23. The number of carbonyl (C=O) groups is 1. The molecular formula is C26H25N3O5S2. The Hall–Kier alpha value is -3.47. The third kappa shape index (κ3) is 4.21. The topological polar surface area (TPSA) is 90.2 Å². The minimum Gasteiger partial charge on any atom is -0.495 e. The molecule has 1 amide bonds. The molecule has 8 nitrogen and oxygen atoms in total. The fraction of sp³-hybridized carbons (Fsp3) is 0.231. The maximum absolute atomic E-state index is 13.2. The number of nitrogens with zero attached hydrogens (tertiary/aromatic N) is 3. The zero-order chi connectivity index (χ0) is 25.4. The van der Waals surface area contributed by atoms with E-state index in [9.17, 15) is 13.2 Å². The van der Waals surface area contributed by atoms with Gasteiger partial charge in [0.05, 0.1) is 19.1 Å². The number of aryl methyl sites for hydroxylation is 1. The van der Waals surface area contributed by atoms with Crippen LogP contribution in [0.5, 0.6) is 11.5 Å². The van der Waals surface area contributed by atoms with E-state index in [-0.39, 0.29) is 4.90 Å². The van der Waals surface area contributed by atoms with Crippen LogP contribution in [0.1, 0.15) is 21.5 Å². The second kappa shape index (κ2) is 9.53. The summed E-state index contributed by atoms with van der Waals surface area (Å²) in [6.07, 6.45) is 0.673. The summed E-state index contributed by atoms with van der Waals surface area (Å²) in [5, 5.41) is 0. The van der Waals surface area contributed by atoms with Gasteiger partial charge in [-0.15, -0.1) is 0 Å². The maximum Gasteiger partial charge on any atom is 0.279 e. The molecule has 1 aliphatic rings. The molecule has 0 aliphatic carbocycles. The summed E-state index contributed by atoms with van der Waals surface area (Å²) in [6.45, 7) is 0.759. The fourth-order valence-electron chi connectivity index (χ4n) is 4.37. The van der Waals surface area contributed by atoms with Crippen LogP contribution in [0.4, 0.5) is 0 Å². The zero-order valence-electron chi connectivity index (χ0n) is 20.1. The van der Waals surface area contributed by atoms with Crippen molar-refractivity contribution in [1.82, 2.24) is 8.87 Å². The predicted octanol–water partition coefficient (Wildman–Crippen LogP) is 3.75. The summed E-state index contributed by atoms with van der Waals surface area (Å²) < 4.78 is 41.5. The van der Waals surface area contributed by atoms with Gasteiger partial charge in [0.2, 0.25) is 10.0 Å². The van der Waals surface area contributed by atoms with Crippen LogP contribution in [-0.2, 0) is 30.0 Å². The molecule has 10 heteroatoms. The minimum atomic E-state index is -3.68. The van der Waals surface area contributed by atoms with Crippen molar-refractivity contribution in [1.29, 1.82) is 0 Å². The number of fused-ring (bicyclic) bond motifs is 2. The number of benzene rings is 3. The molecule has 3 aromatic carbocycles. The predicted molar refractivity (Wildman–Crippen MR) is 138 cm³/mol. The van der Waals surface area contributed by atoms with Gasteiger partial charge >= 0.3 is 0 Å². The maximum atomic E-state index is 13.2. The van der Waals surface area contributed by atoms with E-state index in [0.29, 0.717) is 41.4 Å². The molecule has 0 saturated heterocycles. The van der Waals surface area contributed by atoms with Crippen molar-refractivity contribution in [3.05, 3.63) is 82.2 Å². The summed E-state index contributed by atoms with van der Waals surface area (Å²) in [5.74, 6) is 0.842. The second-order valence-electron chi connectivity index (χ2n) is 8.39. The molecule has 1 aliphatic heterocycles. The molecule has 36 heavy (non-hydrogen) atoms. The van der Waals surface area contributed by atoms with Crippen LogP contribution in [-0.4, -0.2) is 44.0 Å². The Morgan fingerprint density at radius 2 is 1.61 bits per heavy atom. The summed E-state index contributed by atoms with van der Waals surface area (Å²) in [5.41, 5.74) is 3.27. The number of aromatic nitrogens is 1. The molecule has 0 N–H and O–H groups in total. The minimum absolute atomic E-state index is 0.153. The zero-order valence-corrected chi connectivity index (χ0v) is 21.7. The Bertz CT molecular complexity index is 1640. The lowest BCUT2D eigenvalue weighted by Gasteiger charge is -2.28. The van der Waals surface area contributed by atoms with Crippen molar-refractivity contribution in [2.45, 2.75) is 17.9 Å². The number of carbonyl (C=O) groups excluding carboxylic acids is 1. The molecule has 4 aromatic rings. The number of amides is 1. The second-order valence-corrected chi connectivity index (χ2v) is 11.3. The highest BCUT2D eigenvalue weighted by atomic mass is 32.2. The largest absolute Gasteiger partial charge is 0.495 e. The Labute approximate surface area is 213 Å². The highest BCUT2D eigenvalue weighted by Gasteiger charge is 2.28. The Morgan fingerprint density at radius 1 is 0.944 bits per heavy atom. The highest BCUT2D eigenvalue weighted by Crippen LogP contribution is 2.34. The van der Waals surface area contributed by atoms with E-state index in [1.54, 1.807) is 31.9 Å². The van der Waals surface area contributed by atoms with Gasteiger partial charge in [0.15, 0.2) is 4.80 Å². The van der Waals surface area contributed by atoms with E-state index in [2.05, 4.69) is 4.99 Å². The van der Waals surface area contributed by atoms with Crippen molar-refractivity contribution in [2.75, 3.05) is 20.8 Å².